The van der Waals surface area contributed by atoms with Crippen LogP contribution in [-0.4, -0.2) is 6.61 Å². The van der Waals surface area contributed by atoms with E-state index in [1.807, 2.05) is 0 Å². The van der Waals surface area contributed by atoms with Crippen molar-refractivity contribution in [3.8, 4) is 0 Å². The molecule has 1 aliphatic rings. The van der Waals surface area contributed by atoms with Crippen LogP contribution in [0.3, 0.4) is 0 Å². The summed E-state index contributed by atoms with van der Waals surface area (Å²) in [6.07, 6.45) is 11.1. The van der Waals surface area contributed by atoms with Crippen molar-refractivity contribution in [1.82, 2.24) is 0 Å². The Hall–Kier alpha value is 0.130. The summed E-state index contributed by atoms with van der Waals surface area (Å²) in [5.74, 6) is 0.944. The van der Waals surface area contributed by atoms with E-state index < -0.39 is 0 Å². The molecule has 1 nitrogen and oxygen atoms in total. The molecule has 0 bridgehead atoms. The Balaban J connectivity index is 1.87. The van der Waals surface area contributed by atoms with Crippen molar-refractivity contribution in [2.45, 2.75) is 32.1 Å². The number of hydrogen-bond donors (Lipinski definition) is 0. The lowest BCUT2D eigenvalue weighted by Gasteiger charge is -2.07. The normalized spacial score (nSPS) is 17.9. The minimum Gasteiger partial charge on any atom is -0.366 e. The zero-order chi connectivity index (χ0) is 7.94. The molecular formula is C9H17OP. The minimum atomic E-state index is 0.894. The zero-order valence-corrected chi connectivity index (χ0v) is 8.11. The van der Waals surface area contributed by atoms with Gasteiger partial charge in [-0.15, -0.1) is 0 Å². The van der Waals surface area contributed by atoms with E-state index in [0.29, 0.717) is 0 Å². The molecule has 64 valence electrons. The van der Waals surface area contributed by atoms with Gasteiger partial charge in [-0.25, -0.2) is 0 Å². The van der Waals surface area contributed by atoms with Crippen molar-refractivity contribution >= 4 is 9.47 Å². The van der Waals surface area contributed by atoms with Gasteiger partial charge in [0.05, 0.1) is 6.61 Å². The molecule has 0 amide bonds. The van der Waals surface area contributed by atoms with Crippen LogP contribution in [-0.2, 0) is 4.52 Å². The predicted octanol–water partition coefficient (Wildman–Crippen LogP) is 2.93. The summed E-state index contributed by atoms with van der Waals surface area (Å²) >= 11 is 0. The monoisotopic (exact) mass is 172 g/mol. The van der Waals surface area contributed by atoms with Gasteiger partial charge in [-0.2, -0.15) is 0 Å². The molecular weight excluding hydrogens is 155 g/mol. The molecule has 1 unspecified atom stereocenters. The van der Waals surface area contributed by atoms with Crippen LogP contribution < -0.4 is 0 Å². The molecule has 0 N–H and O–H groups in total. The second-order valence-electron chi connectivity index (χ2n) is 3.18. The molecule has 0 fully saturated rings. The van der Waals surface area contributed by atoms with Crippen molar-refractivity contribution in [1.29, 1.82) is 0 Å². The van der Waals surface area contributed by atoms with Gasteiger partial charge in [0, 0.05) is 9.47 Å². The van der Waals surface area contributed by atoms with Crippen LogP contribution in [0.15, 0.2) is 12.2 Å². The zero-order valence-electron chi connectivity index (χ0n) is 6.96. The van der Waals surface area contributed by atoms with E-state index in [0.717, 1.165) is 12.5 Å². The Morgan fingerprint density at radius 1 is 1.27 bits per heavy atom. The number of unbranched alkanes of at least 4 members (excludes halogenated alkanes) is 1. The first-order chi connectivity index (χ1) is 5.43. The van der Waals surface area contributed by atoms with E-state index in [2.05, 4.69) is 21.6 Å². The van der Waals surface area contributed by atoms with Crippen LogP contribution in [0.4, 0.5) is 0 Å². The first-order valence-electron chi connectivity index (χ1n) is 4.40. The van der Waals surface area contributed by atoms with Gasteiger partial charge in [-0.1, -0.05) is 18.6 Å². The molecule has 0 saturated carbocycles. The molecule has 0 saturated heterocycles. The lowest BCUT2D eigenvalue weighted by atomic mass is 10.0. The van der Waals surface area contributed by atoms with E-state index in [1.165, 1.54) is 32.1 Å². The Labute approximate surface area is 71.5 Å². The van der Waals surface area contributed by atoms with E-state index in [1.54, 1.807) is 0 Å². The van der Waals surface area contributed by atoms with Gasteiger partial charge in [-0.3, -0.25) is 0 Å². The minimum absolute atomic E-state index is 0.894. The molecule has 0 aliphatic heterocycles. The summed E-state index contributed by atoms with van der Waals surface area (Å²) in [5.41, 5.74) is 0. The second-order valence-corrected chi connectivity index (χ2v) is 3.51. The smallest absolute Gasteiger partial charge is 0.0501 e. The van der Waals surface area contributed by atoms with E-state index >= 15 is 0 Å². The van der Waals surface area contributed by atoms with Gasteiger partial charge in [-0.05, 0) is 31.6 Å². The van der Waals surface area contributed by atoms with Crippen LogP contribution >= 0.6 is 9.47 Å². The molecule has 0 spiro atoms. The first kappa shape index (κ1) is 9.22. The van der Waals surface area contributed by atoms with Crippen LogP contribution in [0.1, 0.15) is 32.1 Å². The quantitative estimate of drug-likeness (QED) is 0.352. The maximum absolute atomic E-state index is 4.91. The van der Waals surface area contributed by atoms with Gasteiger partial charge in [0.25, 0.3) is 0 Å². The summed E-state index contributed by atoms with van der Waals surface area (Å²) in [5, 5.41) is 0. The highest BCUT2D eigenvalue weighted by Gasteiger charge is 2.08. The van der Waals surface area contributed by atoms with Crippen molar-refractivity contribution in [3.63, 3.8) is 0 Å². The van der Waals surface area contributed by atoms with Gasteiger partial charge < -0.3 is 4.52 Å². The van der Waals surface area contributed by atoms with Crippen molar-refractivity contribution in [3.05, 3.63) is 12.2 Å². The third-order valence-corrected chi connectivity index (χ3v) is 2.47. The van der Waals surface area contributed by atoms with Crippen LogP contribution in [0.5, 0.6) is 0 Å². The van der Waals surface area contributed by atoms with Crippen molar-refractivity contribution in [2.75, 3.05) is 6.61 Å². The average Bonchev–Trinajstić information content (AvgIpc) is 2.50. The van der Waals surface area contributed by atoms with E-state index in [9.17, 15) is 0 Å². The standard InChI is InChI=1S/C9H17OP/c11-10-8-4-3-7-9-5-1-2-6-9/h1-2,9H,3-8,11H2. The molecule has 11 heavy (non-hydrogen) atoms. The lowest BCUT2D eigenvalue weighted by molar-refractivity contribution is 0.344. The molecule has 0 radical (unpaired) electrons. The average molecular weight is 172 g/mol. The fraction of sp³-hybridized carbons (Fsp3) is 0.778. The largest absolute Gasteiger partial charge is 0.366 e. The topological polar surface area (TPSA) is 9.23 Å². The fourth-order valence-electron chi connectivity index (χ4n) is 1.53. The SMILES string of the molecule is POCCCCC1CC=CC1. The molecule has 0 heterocycles. The maximum Gasteiger partial charge on any atom is 0.0501 e. The van der Waals surface area contributed by atoms with Gasteiger partial charge in [0.15, 0.2) is 0 Å². The summed E-state index contributed by atoms with van der Waals surface area (Å²) in [6.45, 7) is 0.894. The highest BCUT2D eigenvalue weighted by molar-refractivity contribution is 7.09. The van der Waals surface area contributed by atoms with E-state index in [4.69, 9.17) is 4.52 Å². The summed E-state index contributed by atoms with van der Waals surface area (Å²) in [6, 6.07) is 0. The predicted molar refractivity (Wildman–Crippen MR) is 51.4 cm³/mol. The third kappa shape index (κ3) is 3.88. The highest BCUT2D eigenvalue weighted by atomic mass is 31.0. The van der Waals surface area contributed by atoms with Gasteiger partial charge in [0.2, 0.25) is 0 Å². The Morgan fingerprint density at radius 2 is 2.00 bits per heavy atom. The van der Waals surface area contributed by atoms with Crippen LogP contribution in [0.25, 0.3) is 0 Å². The molecule has 1 atom stereocenters. The Bertz CT molecular complexity index is 115. The molecule has 0 aromatic carbocycles. The highest BCUT2D eigenvalue weighted by Crippen LogP contribution is 2.23. The summed E-state index contributed by atoms with van der Waals surface area (Å²) in [7, 11) is 2.30. The molecule has 0 aromatic heterocycles. The van der Waals surface area contributed by atoms with Crippen molar-refractivity contribution in [2.24, 2.45) is 5.92 Å². The lowest BCUT2D eigenvalue weighted by Crippen LogP contribution is -1.94. The molecule has 1 rings (SSSR count). The first-order valence-corrected chi connectivity index (χ1v) is 4.87. The summed E-state index contributed by atoms with van der Waals surface area (Å²) < 4.78 is 4.91. The second kappa shape index (κ2) is 5.74. The van der Waals surface area contributed by atoms with Crippen molar-refractivity contribution < 1.29 is 4.52 Å². The number of rotatable bonds is 5. The number of allylic oxidation sites excluding steroid dienone is 2. The summed E-state index contributed by atoms with van der Waals surface area (Å²) in [4.78, 5) is 0. The van der Waals surface area contributed by atoms with Gasteiger partial charge in [0.1, 0.15) is 0 Å². The van der Waals surface area contributed by atoms with Crippen LogP contribution in [0.2, 0.25) is 0 Å². The van der Waals surface area contributed by atoms with Crippen LogP contribution in [0, 0.1) is 5.92 Å². The molecule has 0 aromatic rings. The maximum atomic E-state index is 4.91. The number of hydrogen-bond acceptors (Lipinski definition) is 1. The Morgan fingerprint density at radius 3 is 2.64 bits per heavy atom. The molecule has 2 heteroatoms. The Kier molecular flexibility index (Phi) is 4.81. The van der Waals surface area contributed by atoms with E-state index in [-0.39, 0.29) is 0 Å². The van der Waals surface area contributed by atoms with Gasteiger partial charge >= 0.3 is 0 Å². The third-order valence-electron chi connectivity index (χ3n) is 2.23. The molecule has 1 aliphatic carbocycles. The fourth-order valence-corrected chi connectivity index (χ4v) is 1.69.